The van der Waals surface area contributed by atoms with Crippen LogP contribution < -0.4 is 10.5 Å². The van der Waals surface area contributed by atoms with Crippen molar-refractivity contribution in [1.29, 1.82) is 0 Å². The maximum atomic E-state index is 6.06. The summed E-state index contributed by atoms with van der Waals surface area (Å²) in [5, 5.41) is 0. The molecule has 0 atom stereocenters. The van der Waals surface area contributed by atoms with Crippen LogP contribution in [0.1, 0.15) is 37.3 Å². The van der Waals surface area contributed by atoms with Crippen LogP contribution in [0.4, 0.5) is 5.69 Å². The molecule has 0 saturated heterocycles. The highest BCUT2D eigenvalue weighted by Gasteiger charge is 2.03. The highest BCUT2D eigenvalue weighted by molar-refractivity contribution is 5.54. The Balaban J connectivity index is 1.92. The molecule has 20 heavy (non-hydrogen) atoms. The van der Waals surface area contributed by atoms with Gasteiger partial charge in [-0.2, -0.15) is 0 Å². The van der Waals surface area contributed by atoms with Gasteiger partial charge in [-0.25, -0.2) is 0 Å². The highest BCUT2D eigenvalue weighted by Crippen LogP contribution is 2.24. The van der Waals surface area contributed by atoms with E-state index in [9.17, 15) is 0 Å². The summed E-state index contributed by atoms with van der Waals surface area (Å²) < 4.78 is 5.78. The molecule has 0 heterocycles. The zero-order valence-corrected chi connectivity index (χ0v) is 12.1. The SMILES string of the molecule is CCCCCc1ccc(OCc2ccccc2)c(N)c1. The van der Waals surface area contributed by atoms with Crippen molar-refractivity contribution >= 4 is 5.69 Å². The van der Waals surface area contributed by atoms with E-state index in [4.69, 9.17) is 10.5 Å². The largest absolute Gasteiger partial charge is 0.487 e. The van der Waals surface area contributed by atoms with Crippen LogP contribution in [0.2, 0.25) is 0 Å². The van der Waals surface area contributed by atoms with E-state index in [1.165, 1.54) is 24.8 Å². The Morgan fingerprint density at radius 1 is 0.950 bits per heavy atom. The van der Waals surface area contributed by atoms with Crippen molar-refractivity contribution in [2.45, 2.75) is 39.2 Å². The lowest BCUT2D eigenvalue weighted by atomic mass is 10.1. The number of benzene rings is 2. The Kier molecular flexibility index (Phi) is 5.48. The van der Waals surface area contributed by atoms with Gasteiger partial charge in [0.15, 0.2) is 0 Å². The van der Waals surface area contributed by atoms with E-state index < -0.39 is 0 Å². The third-order valence-electron chi connectivity index (χ3n) is 3.38. The molecule has 0 bridgehead atoms. The van der Waals surface area contributed by atoms with Crippen LogP contribution in [0.25, 0.3) is 0 Å². The third kappa shape index (κ3) is 4.30. The highest BCUT2D eigenvalue weighted by atomic mass is 16.5. The van der Waals surface area contributed by atoms with E-state index in [-0.39, 0.29) is 0 Å². The number of ether oxygens (including phenoxy) is 1. The number of unbranched alkanes of at least 4 members (excludes halogenated alkanes) is 2. The van der Waals surface area contributed by atoms with Crippen molar-refractivity contribution < 1.29 is 4.74 Å². The van der Waals surface area contributed by atoms with Gasteiger partial charge in [0.1, 0.15) is 12.4 Å². The summed E-state index contributed by atoms with van der Waals surface area (Å²) in [6, 6.07) is 16.3. The minimum Gasteiger partial charge on any atom is -0.487 e. The van der Waals surface area contributed by atoms with Gasteiger partial charge in [0.05, 0.1) is 5.69 Å². The molecular formula is C18H23NO. The molecule has 0 spiro atoms. The zero-order valence-electron chi connectivity index (χ0n) is 12.1. The number of nitrogens with two attached hydrogens (primary N) is 1. The summed E-state index contributed by atoms with van der Waals surface area (Å²) >= 11 is 0. The Bertz CT molecular complexity index is 522. The van der Waals surface area contributed by atoms with Crippen molar-refractivity contribution in [2.75, 3.05) is 5.73 Å². The lowest BCUT2D eigenvalue weighted by Gasteiger charge is -2.10. The number of aryl methyl sites for hydroxylation is 1. The fraction of sp³-hybridized carbons (Fsp3) is 0.333. The molecule has 0 fully saturated rings. The zero-order chi connectivity index (χ0) is 14.2. The van der Waals surface area contributed by atoms with Crippen molar-refractivity contribution in [3.63, 3.8) is 0 Å². The molecule has 0 unspecified atom stereocenters. The first-order valence-corrected chi connectivity index (χ1v) is 7.34. The summed E-state index contributed by atoms with van der Waals surface area (Å²) in [4.78, 5) is 0. The maximum absolute atomic E-state index is 6.06. The van der Waals surface area contributed by atoms with Gasteiger partial charge >= 0.3 is 0 Å². The van der Waals surface area contributed by atoms with Gasteiger partial charge in [-0.1, -0.05) is 56.2 Å². The molecule has 0 radical (unpaired) electrons. The fourth-order valence-corrected chi connectivity index (χ4v) is 2.20. The molecule has 2 N–H and O–H groups in total. The average Bonchev–Trinajstić information content (AvgIpc) is 2.48. The van der Waals surface area contributed by atoms with Crippen molar-refractivity contribution in [1.82, 2.24) is 0 Å². The molecule has 2 rings (SSSR count). The van der Waals surface area contributed by atoms with Gasteiger partial charge in [0.2, 0.25) is 0 Å². The summed E-state index contributed by atoms with van der Waals surface area (Å²) in [7, 11) is 0. The van der Waals surface area contributed by atoms with Crippen LogP contribution in [-0.4, -0.2) is 0 Å². The molecule has 106 valence electrons. The van der Waals surface area contributed by atoms with Crippen molar-refractivity contribution in [3.05, 3.63) is 59.7 Å². The first kappa shape index (κ1) is 14.4. The van der Waals surface area contributed by atoms with E-state index in [1.807, 2.05) is 30.3 Å². The second kappa shape index (κ2) is 7.59. The first-order valence-electron chi connectivity index (χ1n) is 7.34. The summed E-state index contributed by atoms with van der Waals surface area (Å²) in [5.41, 5.74) is 9.24. The molecule has 0 amide bonds. The lowest BCUT2D eigenvalue weighted by molar-refractivity contribution is 0.308. The molecule has 2 aromatic carbocycles. The quantitative estimate of drug-likeness (QED) is 0.590. The standard InChI is InChI=1S/C18H23NO/c1-2-3-5-8-15-11-12-18(17(19)13-15)20-14-16-9-6-4-7-10-16/h4,6-7,9-13H,2-3,5,8,14,19H2,1H3. The van der Waals surface area contributed by atoms with Gasteiger partial charge in [-0.3, -0.25) is 0 Å². The van der Waals surface area contributed by atoms with Crippen LogP contribution >= 0.6 is 0 Å². The predicted octanol–water partition coefficient (Wildman–Crippen LogP) is 4.58. The van der Waals surface area contributed by atoms with Crippen LogP contribution in [-0.2, 0) is 13.0 Å². The lowest BCUT2D eigenvalue weighted by Crippen LogP contribution is -1.99. The molecule has 0 aromatic heterocycles. The van der Waals surface area contributed by atoms with Gasteiger partial charge in [0.25, 0.3) is 0 Å². The second-order valence-corrected chi connectivity index (χ2v) is 5.10. The predicted molar refractivity (Wildman–Crippen MR) is 84.9 cm³/mol. The van der Waals surface area contributed by atoms with E-state index in [1.54, 1.807) is 0 Å². The Hall–Kier alpha value is -1.96. The monoisotopic (exact) mass is 269 g/mol. The van der Waals surface area contributed by atoms with Gasteiger partial charge in [-0.15, -0.1) is 0 Å². The van der Waals surface area contributed by atoms with Crippen LogP contribution in [0.15, 0.2) is 48.5 Å². The molecule has 2 nitrogen and oxygen atoms in total. The van der Waals surface area contributed by atoms with Crippen LogP contribution in [0, 0.1) is 0 Å². The first-order chi connectivity index (χ1) is 9.79. The topological polar surface area (TPSA) is 35.2 Å². The summed E-state index contributed by atoms with van der Waals surface area (Å²) in [5.74, 6) is 0.771. The number of hydrogen-bond donors (Lipinski definition) is 1. The number of anilines is 1. The molecule has 2 aromatic rings. The second-order valence-electron chi connectivity index (χ2n) is 5.10. The minimum absolute atomic E-state index is 0.556. The normalized spacial score (nSPS) is 10.4. The van der Waals surface area contributed by atoms with E-state index in [0.29, 0.717) is 6.61 Å². The van der Waals surface area contributed by atoms with Crippen molar-refractivity contribution in [3.8, 4) is 5.75 Å². The summed E-state index contributed by atoms with van der Waals surface area (Å²) in [6.07, 6.45) is 4.83. The van der Waals surface area contributed by atoms with Gasteiger partial charge in [0, 0.05) is 0 Å². The van der Waals surface area contributed by atoms with E-state index in [0.717, 1.165) is 23.4 Å². The third-order valence-corrected chi connectivity index (χ3v) is 3.38. The molecule has 2 heteroatoms. The van der Waals surface area contributed by atoms with Crippen LogP contribution in [0.5, 0.6) is 5.75 Å². The average molecular weight is 269 g/mol. The van der Waals surface area contributed by atoms with E-state index >= 15 is 0 Å². The molecule has 0 aliphatic carbocycles. The molecule has 0 saturated carbocycles. The maximum Gasteiger partial charge on any atom is 0.142 e. The van der Waals surface area contributed by atoms with Crippen molar-refractivity contribution in [2.24, 2.45) is 0 Å². The van der Waals surface area contributed by atoms with Gasteiger partial charge < -0.3 is 10.5 Å². The Morgan fingerprint density at radius 3 is 2.45 bits per heavy atom. The molecule has 0 aliphatic rings. The van der Waals surface area contributed by atoms with Gasteiger partial charge in [-0.05, 0) is 36.1 Å². The fourth-order valence-electron chi connectivity index (χ4n) is 2.20. The number of rotatable bonds is 7. The Morgan fingerprint density at radius 2 is 1.75 bits per heavy atom. The van der Waals surface area contributed by atoms with E-state index in [2.05, 4.69) is 25.1 Å². The molecule has 0 aliphatic heterocycles. The molecular weight excluding hydrogens is 246 g/mol. The number of nitrogen functional groups attached to an aromatic ring is 1. The minimum atomic E-state index is 0.556. The Labute approximate surface area is 121 Å². The summed E-state index contributed by atoms with van der Waals surface area (Å²) in [6.45, 7) is 2.77. The number of hydrogen-bond acceptors (Lipinski definition) is 2. The smallest absolute Gasteiger partial charge is 0.142 e. The van der Waals surface area contributed by atoms with Crippen LogP contribution in [0.3, 0.4) is 0 Å².